The average Bonchev–Trinajstić information content (AvgIpc) is 3.21. The number of rotatable bonds is 7. The van der Waals surface area contributed by atoms with Crippen molar-refractivity contribution < 1.29 is 19.1 Å². The molecule has 0 saturated heterocycles. The highest BCUT2D eigenvalue weighted by atomic mass is 16.3. The highest BCUT2D eigenvalue weighted by Crippen LogP contribution is 2.23. The van der Waals surface area contributed by atoms with Crippen LogP contribution in [0.4, 0.5) is 0 Å². The average molecular weight is 376 g/mol. The van der Waals surface area contributed by atoms with Gasteiger partial charge < -0.3 is 20.2 Å². The van der Waals surface area contributed by atoms with Crippen molar-refractivity contribution in [1.82, 2.24) is 10.6 Å². The van der Waals surface area contributed by atoms with Crippen LogP contribution in [0.1, 0.15) is 16.1 Å². The van der Waals surface area contributed by atoms with Gasteiger partial charge in [-0.15, -0.1) is 0 Å². The van der Waals surface area contributed by atoms with Crippen LogP contribution in [0.3, 0.4) is 0 Å². The maximum absolute atomic E-state index is 12.4. The van der Waals surface area contributed by atoms with Crippen LogP contribution in [0, 0.1) is 0 Å². The lowest BCUT2D eigenvalue weighted by molar-refractivity contribution is -0.117. The van der Waals surface area contributed by atoms with E-state index in [-0.39, 0.29) is 18.8 Å². The summed E-state index contributed by atoms with van der Waals surface area (Å²) in [5.74, 6) is 0.134. The van der Waals surface area contributed by atoms with Gasteiger partial charge in [-0.2, -0.15) is 0 Å². The standard InChI is InChI=1S/C22H20N2O4/c25-14-13-23-22(27)19(24-21(26)17-9-5-2-6-10-17)15-18-11-12-20(28-18)16-7-3-1-4-8-16/h1-12,15,25H,13-14H2,(H,23,27)(H,24,26)/b19-15+. The van der Waals surface area contributed by atoms with Gasteiger partial charge in [0.25, 0.3) is 11.8 Å². The molecule has 0 radical (unpaired) electrons. The van der Waals surface area contributed by atoms with Gasteiger partial charge in [0.15, 0.2) is 0 Å². The van der Waals surface area contributed by atoms with Crippen LogP contribution in [0.25, 0.3) is 17.4 Å². The molecule has 0 unspecified atom stereocenters. The number of aliphatic hydroxyl groups excluding tert-OH is 1. The molecule has 0 aliphatic heterocycles. The highest BCUT2D eigenvalue weighted by molar-refractivity contribution is 6.05. The molecule has 0 saturated carbocycles. The maximum Gasteiger partial charge on any atom is 0.268 e. The molecule has 3 N–H and O–H groups in total. The summed E-state index contributed by atoms with van der Waals surface area (Å²) in [5, 5.41) is 14.1. The normalized spacial score (nSPS) is 11.1. The van der Waals surface area contributed by atoms with E-state index in [2.05, 4.69) is 10.6 Å². The lowest BCUT2D eigenvalue weighted by Gasteiger charge is -2.10. The molecule has 0 aliphatic carbocycles. The molecule has 0 atom stereocenters. The minimum Gasteiger partial charge on any atom is -0.457 e. The van der Waals surface area contributed by atoms with Crippen molar-refractivity contribution in [2.24, 2.45) is 0 Å². The fourth-order valence-electron chi connectivity index (χ4n) is 2.54. The zero-order valence-corrected chi connectivity index (χ0v) is 15.1. The largest absolute Gasteiger partial charge is 0.457 e. The van der Waals surface area contributed by atoms with Gasteiger partial charge in [-0.25, -0.2) is 0 Å². The topological polar surface area (TPSA) is 91.6 Å². The summed E-state index contributed by atoms with van der Waals surface area (Å²) in [4.78, 5) is 24.8. The van der Waals surface area contributed by atoms with E-state index in [0.29, 0.717) is 17.1 Å². The fraction of sp³-hybridized carbons (Fsp3) is 0.0909. The Bertz CT molecular complexity index is 962. The van der Waals surface area contributed by atoms with E-state index in [1.807, 2.05) is 30.3 Å². The Balaban J connectivity index is 1.85. The first kappa shape index (κ1) is 19.1. The van der Waals surface area contributed by atoms with E-state index in [4.69, 9.17) is 9.52 Å². The molecule has 0 bridgehead atoms. The Morgan fingerprint density at radius 3 is 2.29 bits per heavy atom. The Kier molecular flexibility index (Phi) is 6.38. The van der Waals surface area contributed by atoms with Crippen LogP contribution in [0.5, 0.6) is 0 Å². The lowest BCUT2D eigenvalue weighted by Crippen LogP contribution is -2.36. The first-order valence-electron chi connectivity index (χ1n) is 8.80. The quantitative estimate of drug-likeness (QED) is 0.553. The number of carbonyl (C=O) groups excluding carboxylic acids is 2. The van der Waals surface area contributed by atoms with Crippen LogP contribution in [0.15, 0.2) is 82.9 Å². The third kappa shape index (κ3) is 4.96. The van der Waals surface area contributed by atoms with E-state index in [9.17, 15) is 9.59 Å². The van der Waals surface area contributed by atoms with Crippen LogP contribution >= 0.6 is 0 Å². The molecular weight excluding hydrogens is 356 g/mol. The molecule has 0 aliphatic rings. The first-order valence-corrected chi connectivity index (χ1v) is 8.80. The lowest BCUT2D eigenvalue weighted by atomic mass is 10.2. The van der Waals surface area contributed by atoms with E-state index < -0.39 is 11.8 Å². The summed E-state index contributed by atoms with van der Waals surface area (Å²) in [6, 6.07) is 21.6. The molecular formula is C22H20N2O4. The van der Waals surface area contributed by atoms with Crippen LogP contribution in [-0.2, 0) is 4.79 Å². The van der Waals surface area contributed by atoms with Crippen molar-refractivity contribution in [3.8, 4) is 11.3 Å². The summed E-state index contributed by atoms with van der Waals surface area (Å²) >= 11 is 0. The predicted molar refractivity (Wildman–Crippen MR) is 106 cm³/mol. The van der Waals surface area contributed by atoms with Crippen LogP contribution < -0.4 is 10.6 Å². The van der Waals surface area contributed by atoms with Gasteiger partial charge >= 0.3 is 0 Å². The van der Waals surface area contributed by atoms with Crippen molar-refractivity contribution in [1.29, 1.82) is 0 Å². The molecule has 0 fully saturated rings. The third-order valence-electron chi connectivity index (χ3n) is 3.90. The third-order valence-corrected chi connectivity index (χ3v) is 3.90. The molecule has 3 aromatic rings. The van der Waals surface area contributed by atoms with Gasteiger partial charge in [0, 0.05) is 23.7 Å². The molecule has 28 heavy (non-hydrogen) atoms. The smallest absolute Gasteiger partial charge is 0.268 e. The van der Waals surface area contributed by atoms with Crippen LogP contribution in [0.2, 0.25) is 0 Å². The number of hydrogen-bond acceptors (Lipinski definition) is 4. The minimum absolute atomic E-state index is 0.0243. The number of furan rings is 1. The summed E-state index contributed by atoms with van der Waals surface area (Å²) in [6.45, 7) is -0.130. The second-order valence-corrected chi connectivity index (χ2v) is 5.93. The van der Waals surface area contributed by atoms with E-state index in [0.717, 1.165) is 5.56 Å². The van der Waals surface area contributed by atoms with Gasteiger partial charge in [-0.3, -0.25) is 9.59 Å². The second-order valence-electron chi connectivity index (χ2n) is 5.93. The number of benzene rings is 2. The number of carbonyl (C=O) groups is 2. The molecule has 142 valence electrons. The summed E-state index contributed by atoms with van der Waals surface area (Å²) in [6.07, 6.45) is 1.46. The van der Waals surface area contributed by atoms with E-state index >= 15 is 0 Å². The number of nitrogens with one attached hydrogen (secondary N) is 2. The second kappa shape index (κ2) is 9.34. The fourth-order valence-corrected chi connectivity index (χ4v) is 2.54. The molecule has 0 spiro atoms. The molecule has 1 aromatic heterocycles. The summed E-state index contributed by atoms with van der Waals surface area (Å²) in [7, 11) is 0. The van der Waals surface area contributed by atoms with Gasteiger partial charge in [0.05, 0.1) is 6.61 Å². The van der Waals surface area contributed by atoms with Crippen molar-refractivity contribution in [2.75, 3.05) is 13.2 Å². The molecule has 6 nitrogen and oxygen atoms in total. The Hall–Kier alpha value is -3.64. The van der Waals surface area contributed by atoms with E-state index in [1.165, 1.54) is 6.08 Å². The molecule has 6 heteroatoms. The summed E-state index contributed by atoms with van der Waals surface area (Å²) in [5.41, 5.74) is 1.35. The monoisotopic (exact) mass is 376 g/mol. The van der Waals surface area contributed by atoms with Crippen molar-refractivity contribution in [3.05, 3.63) is 89.8 Å². The zero-order chi connectivity index (χ0) is 19.8. The molecule has 3 rings (SSSR count). The van der Waals surface area contributed by atoms with E-state index in [1.54, 1.807) is 42.5 Å². The zero-order valence-electron chi connectivity index (χ0n) is 15.1. The molecule has 1 heterocycles. The van der Waals surface area contributed by atoms with Gasteiger partial charge in [-0.1, -0.05) is 48.5 Å². The number of amides is 2. The van der Waals surface area contributed by atoms with Gasteiger partial charge in [0.2, 0.25) is 0 Å². The predicted octanol–water partition coefficient (Wildman–Crippen LogP) is 2.83. The number of aliphatic hydroxyl groups is 1. The van der Waals surface area contributed by atoms with Crippen molar-refractivity contribution in [3.63, 3.8) is 0 Å². The molecule has 2 aromatic carbocycles. The van der Waals surface area contributed by atoms with Gasteiger partial charge in [0.1, 0.15) is 17.2 Å². The van der Waals surface area contributed by atoms with Crippen molar-refractivity contribution >= 4 is 17.9 Å². The highest BCUT2D eigenvalue weighted by Gasteiger charge is 2.15. The van der Waals surface area contributed by atoms with Crippen molar-refractivity contribution in [2.45, 2.75) is 0 Å². The molecule has 2 amide bonds. The van der Waals surface area contributed by atoms with Gasteiger partial charge in [-0.05, 0) is 24.3 Å². The Morgan fingerprint density at radius 2 is 1.61 bits per heavy atom. The SMILES string of the molecule is O=C(NCCO)/C(=C\c1ccc(-c2ccccc2)o1)NC(=O)c1ccccc1. The Labute approximate surface area is 162 Å². The maximum atomic E-state index is 12.4. The summed E-state index contributed by atoms with van der Waals surface area (Å²) < 4.78 is 5.79. The number of hydrogen-bond donors (Lipinski definition) is 3. The first-order chi connectivity index (χ1) is 13.7. The van der Waals surface area contributed by atoms with Crippen LogP contribution in [-0.4, -0.2) is 30.1 Å². The Morgan fingerprint density at radius 1 is 0.929 bits per heavy atom. The minimum atomic E-state index is -0.518.